The molecule has 0 radical (unpaired) electrons. The Labute approximate surface area is 172 Å². The van der Waals surface area contributed by atoms with Gasteiger partial charge in [0.25, 0.3) is 15.9 Å². The number of carbonyl (C=O) groups is 1. The van der Waals surface area contributed by atoms with Crippen LogP contribution in [-0.4, -0.2) is 38.4 Å². The van der Waals surface area contributed by atoms with Gasteiger partial charge in [0.15, 0.2) is 0 Å². The molecule has 8 heteroatoms. The smallest absolute Gasteiger partial charge is 0.261 e. The van der Waals surface area contributed by atoms with Crippen LogP contribution in [0.5, 0.6) is 0 Å². The summed E-state index contributed by atoms with van der Waals surface area (Å²) in [6.07, 6.45) is 1.52. The van der Waals surface area contributed by atoms with Gasteiger partial charge in [-0.05, 0) is 56.5 Å². The number of piperidine rings is 1. The van der Waals surface area contributed by atoms with Crippen LogP contribution in [0.4, 0.5) is 5.69 Å². The third kappa shape index (κ3) is 5.04. The molecular weight excluding hydrogens is 398 g/mol. The number of hydrogen-bond acceptors (Lipinski definition) is 4. The Morgan fingerprint density at radius 1 is 1.07 bits per heavy atom. The molecule has 0 bridgehead atoms. The van der Waals surface area contributed by atoms with E-state index < -0.39 is 10.0 Å². The highest BCUT2D eigenvalue weighted by atomic mass is 35.5. The predicted molar refractivity (Wildman–Crippen MR) is 114 cm³/mol. The summed E-state index contributed by atoms with van der Waals surface area (Å²) < 4.78 is 28.0. The molecule has 0 atom stereocenters. The second kappa shape index (κ2) is 8.94. The number of likely N-dealkylation sites (tertiary alicyclic amines) is 1. The number of rotatable bonds is 4. The lowest BCUT2D eigenvalue weighted by atomic mass is 10.0. The third-order valence-corrected chi connectivity index (χ3v) is 6.26. The van der Waals surface area contributed by atoms with E-state index in [9.17, 15) is 13.2 Å². The van der Waals surface area contributed by atoms with Crippen LogP contribution in [0.3, 0.4) is 0 Å². The third-order valence-electron chi connectivity index (χ3n) is 4.88. The minimum absolute atomic E-state index is 0. The van der Waals surface area contributed by atoms with Crippen LogP contribution < -0.4 is 10.5 Å². The van der Waals surface area contributed by atoms with E-state index >= 15 is 0 Å². The van der Waals surface area contributed by atoms with Gasteiger partial charge in [-0.1, -0.05) is 23.8 Å². The van der Waals surface area contributed by atoms with Crippen LogP contribution >= 0.6 is 12.4 Å². The van der Waals surface area contributed by atoms with Crippen molar-refractivity contribution in [1.29, 1.82) is 0 Å². The number of nitrogens with zero attached hydrogens (tertiary/aromatic N) is 1. The number of anilines is 1. The molecule has 0 unspecified atom stereocenters. The average Bonchev–Trinajstić information content (AvgIpc) is 2.64. The summed E-state index contributed by atoms with van der Waals surface area (Å²) in [7, 11) is -3.78. The molecule has 6 nitrogen and oxygen atoms in total. The van der Waals surface area contributed by atoms with Crippen LogP contribution in [-0.2, 0) is 10.0 Å². The maximum Gasteiger partial charge on any atom is 0.261 e. The Bertz CT molecular complexity index is 938. The molecule has 3 rings (SSSR count). The fourth-order valence-electron chi connectivity index (χ4n) is 3.11. The fourth-order valence-corrected chi connectivity index (χ4v) is 4.19. The largest absolute Gasteiger partial charge is 0.339 e. The molecule has 28 heavy (non-hydrogen) atoms. The quantitative estimate of drug-likeness (QED) is 0.790. The molecular formula is C20H26ClN3O3S. The van der Waals surface area contributed by atoms with Gasteiger partial charge in [0.05, 0.1) is 4.90 Å². The number of aryl methyl sites for hydroxylation is 2. The van der Waals surface area contributed by atoms with Gasteiger partial charge >= 0.3 is 0 Å². The molecule has 1 heterocycles. The van der Waals surface area contributed by atoms with Crippen molar-refractivity contribution in [2.24, 2.45) is 5.73 Å². The lowest BCUT2D eigenvalue weighted by Crippen LogP contribution is -2.43. The molecule has 2 aromatic rings. The summed E-state index contributed by atoms with van der Waals surface area (Å²) in [6, 6.07) is 11.9. The van der Waals surface area contributed by atoms with E-state index in [2.05, 4.69) is 4.72 Å². The molecule has 3 N–H and O–H groups in total. The number of nitrogens with two attached hydrogens (primary N) is 1. The van der Waals surface area contributed by atoms with Crippen molar-refractivity contribution in [2.45, 2.75) is 37.6 Å². The number of halogens is 1. The molecule has 0 aromatic heterocycles. The Hall–Kier alpha value is -2.09. The van der Waals surface area contributed by atoms with Gasteiger partial charge in [-0.2, -0.15) is 0 Å². The van der Waals surface area contributed by atoms with Crippen molar-refractivity contribution in [3.05, 3.63) is 59.2 Å². The highest BCUT2D eigenvalue weighted by Gasteiger charge is 2.24. The van der Waals surface area contributed by atoms with Crippen molar-refractivity contribution in [3.8, 4) is 0 Å². The molecule has 2 aromatic carbocycles. The molecule has 1 amide bonds. The molecule has 1 saturated heterocycles. The number of carbonyl (C=O) groups excluding carboxylic acids is 1. The lowest BCUT2D eigenvalue weighted by molar-refractivity contribution is 0.0713. The maximum absolute atomic E-state index is 12.9. The molecule has 0 spiro atoms. The zero-order valence-electron chi connectivity index (χ0n) is 16.0. The molecule has 0 saturated carbocycles. The summed E-state index contributed by atoms with van der Waals surface area (Å²) in [6.45, 7) is 4.94. The van der Waals surface area contributed by atoms with Crippen LogP contribution in [0.1, 0.15) is 34.3 Å². The zero-order valence-corrected chi connectivity index (χ0v) is 17.6. The summed E-state index contributed by atoms with van der Waals surface area (Å²) in [5, 5.41) is 0. The van der Waals surface area contributed by atoms with E-state index in [1.807, 2.05) is 26.0 Å². The van der Waals surface area contributed by atoms with Crippen LogP contribution in [0.15, 0.2) is 47.4 Å². The first-order valence-corrected chi connectivity index (χ1v) is 10.5. The minimum Gasteiger partial charge on any atom is -0.339 e. The molecule has 0 aliphatic carbocycles. The van der Waals surface area contributed by atoms with E-state index in [4.69, 9.17) is 5.73 Å². The van der Waals surface area contributed by atoms with Crippen molar-refractivity contribution < 1.29 is 13.2 Å². The highest BCUT2D eigenvalue weighted by molar-refractivity contribution is 7.92. The first-order valence-electron chi connectivity index (χ1n) is 9.01. The van der Waals surface area contributed by atoms with E-state index in [-0.39, 0.29) is 29.3 Å². The van der Waals surface area contributed by atoms with Gasteiger partial charge in [-0.3, -0.25) is 9.52 Å². The van der Waals surface area contributed by atoms with Gasteiger partial charge in [0.1, 0.15) is 0 Å². The monoisotopic (exact) mass is 423 g/mol. The van der Waals surface area contributed by atoms with E-state index in [1.165, 1.54) is 12.1 Å². The summed E-state index contributed by atoms with van der Waals surface area (Å²) >= 11 is 0. The van der Waals surface area contributed by atoms with E-state index in [1.54, 1.807) is 23.1 Å². The average molecular weight is 424 g/mol. The Morgan fingerprint density at radius 3 is 2.29 bits per heavy atom. The molecule has 152 valence electrons. The standard InChI is InChI=1S/C20H25N3O3S.ClH/c1-14-3-6-17(7-4-14)22-27(25,26)18-8-5-15(2)19(13-18)20(24)23-11-9-16(21)10-12-23;/h3-8,13,16,22H,9-12,21H2,1-2H3;1H. The van der Waals surface area contributed by atoms with Crippen LogP contribution in [0.25, 0.3) is 0 Å². The Kier molecular flexibility index (Phi) is 7.09. The predicted octanol–water partition coefficient (Wildman–Crippen LogP) is 3.09. The fraction of sp³-hybridized carbons (Fsp3) is 0.350. The van der Waals surface area contributed by atoms with Crippen molar-refractivity contribution in [3.63, 3.8) is 0 Å². The normalized spacial score (nSPS) is 15.0. The number of hydrogen-bond donors (Lipinski definition) is 2. The minimum atomic E-state index is -3.78. The van der Waals surface area contributed by atoms with Gasteiger partial charge in [0, 0.05) is 30.4 Å². The molecule has 1 aliphatic rings. The number of amides is 1. The second-order valence-corrected chi connectivity index (χ2v) is 8.76. The lowest BCUT2D eigenvalue weighted by Gasteiger charge is -2.30. The van der Waals surface area contributed by atoms with Crippen molar-refractivity contribution in [1.82, 2.24) is 4.90 Å². The van der Waals surface area contributed by atoms with Crippen LogP contribution in [0, 0.1) is 13.8 Å². The van der Waals surface area contributed by atoms with Gasteiger partial charge < -0.3 is 10.6 Å². The van der Waals surface area contributed by atoms with Crippen molar-refractivity contribution >= 4 is 34.0 Å². The van der Waals surface area contributed by atoms with Gasteiger partial charge in [-0.25, -0.2) is 8.42 Å². The first-order chi connectivity index (χ1) is 12.8. The second-order valence-electron chi connectivity index (χ2n) is 7.08. The van der Waals surface area contributed by atoms with Crippen molar-refractivity contribution in [2.75, 3.05) is 17.8 Å². The Morgan fingerprint density at radius 2 is 1.68 bits per heavy atom. The van der Waals surface area contributed by atoms with Crippen LogP contribution in [0.2, 0.25) is 0 Å². The topological polar surface area (TPSA) is 92.5 Å². The van der Waals surface area contributed by atoms with Gasteiger partial charge in [0.2, 0.25) is 0 Å². The summed E-state index contributed by atoms with van der Waals surface area (Å²) in [4.78, 5) is 14.7. The summed E-state index contributed by atoms with van der Waals surface area (Å²) in [5.41, 5.74) is 8.60. The SMILES string of the molecule is Cc1ccc(NS(=O)(=O)c2ccc(C)c(C(=O)N3CCC(N)CC3)c2)cc1.Cl. The van der Waals surface area contributed by atoms with E-state index in [0.717, 1.165) is 24.0 Å². The van der Waals surface area contributed by atoms with E-state index in [0.29, 0.717) is 24.3 Å². The first kappa shape index (κ1) is 22.2. The molecule has 1 aliphatic heterocycles. The maximum atomic E-state index is 12.9. The number of benzene rings is 2. The number of sulfonamides is 1. The van der Waals surface area contributed by atoms with Gasteiger partial charge in [-0.15, -0.1) is 12.4 Å². The molecule has 1 fully saturated rings. The Balaban J connectivity index is 0.00000280. The highest BCUT2D eigenvalue weighted by Crippen LogP contribution is 2.22. The number of nitrogens with one attached hydrogen (secondary N) is 1. The summed E-state index contributed by atoms with van der Waals surface area (Å²) in [5.74, 6) is -0.146. The zero-order chi connectivity index (χ0) is 19.6.